The summed E-state index contributed by atoms with van der Waals surface area (Å²) in [4.78, 5) is 6.98. The van der Waals surface area contributed by atoms with Gasteiger partial charge in [0, 0.05) is 19.3 Å². The van der Waals surface area contributed by atoms with E-state index in [1.54, 1.807) is 0 Å². The molecule has 17 heavy (non-hydrogen) atoms. The summed E-state index contributed by atoms with van der Waals surface area (Å²) >= 11 is 0. The van der Waals surface area contributed by atoms with Crippen LogP contribution in [0.15, 0.2) is 24.4 Å². The topological polar surface area (TPSA) is 16.1 Å². The van der Waals surface area contributed by atoms with Crippen LogP contribution in [0.3, 0.4) is 0 Å². The molecule has 94 valence electrons. The first kappa shape index (κ1) is 12.6. The van der Waals surface area contributed by atoms with Gasteiger partial charge in [0.15, 0.2) is 0 Å². The Balaban J connectivity index is 1.94. The average Bonchev–Trinajstić information content (AvgIpc) is 2.29. The quantitative estimate of drug-likeness (QED) is 0.777. The second kappa shape index (κ2) is 5.18. The van der Waals surface area contributed by atoms with Gasteiger partial charge in [0.2, 0.25) is 0 Å². The third-order valence-corrected chi connectivity index (χ3v) is 3.84. The lowest BCUT2D eigenvalue weighted by Gasteiger charge is -2.39. The van der Waals surface area contributed by atoms with Crippen LogP contribution < -0.4 is 0 Å². The van der Waals surface area contributed by atoms with Gasteiger partial charge >= 0.3 is 0 Å². The molecule has 0 radical (unpaired) electrons. The summed E-state index contributed by atoms with van der Waals surface area (Å²) in [5.74, 6) is 0.819. The Morgan fingerprint density at radius 2 is 2.18 bits per heavy atom. The summed E-state index contributed by atoms with van der Waals surface area (Å²) < 4.78 is 0. The number of nitrogens with zero attached hydrogens (tertiary/aromatic N) is 2. The smallest absolute Gasteiger partial charge is 0.0543 e. The van der Waals surface area contributed by atoms with Crippen LogP contribution in [-0.2, 0) is 6.54 Å². The third kappa shape index (κ3) is 3.53. The summed E-state index contributed by atoms with van der Waals surface area (Å²) in [6.07, 6.45) is 4.59. The van der Waals surface area contributed by atoms with E-state index < -0.39 is 0 Å². The molecular weight excluding hydrogens is 208 g/mol. The Hall–Kier alpha value is -0.890. The molecule has 1 aliphatic rings. The van der Waals surface area contributed by atoms with E-state index in [0.29, 0.717) is 5.41 Å². The van der Waals surface area contributed by atoms with Crippen LogP contribution in [0.2, 0.25) is 0 Å². The Morgan fingerprint density at radius 3 is 2.82 bits per heavy atom. The van der Waals surface area contributed by atoms with E-state index >= 15 is 0 Å². The largest absolute Gasteiger partial charge is 0.297 e. The van der Waals surface area contributed by atoms with Crippen molar-refractivity contribution in [1.29, 1.82) is 0 Å². The summed E-state index contributed by atoms with van der Waals surface area (Å²) in [5, 5.41) is 0. The fraction of sp³-hybridized carbons (Fsp3) is 0.667. The maximum absolute atomic E-state index is 4.42. The fourth-order valence-electron chi connectivity index (χ4n) is 2.63. The fourth-order valence-corrected chi connectivity index (χ4v) is 2.63. The van der Waals surface area contributed by atoms with Crippen LogP contribution >= 0.6 is 0 Å². The summed E-state index contributed by atoms with van der Waals surface area (Å²) in [7, 11) is 0. The highest BCUT2D eigenvalue weighted by atomic mass is 15.1. The molecule has 0 spiro atoms. The lowest BCUT2D eigenvalue weighted by molar-refractivity contribution is 0.0935. The van der Waals surface area contributed by atoms with E-state index in [-0.39, 0.29) is 0 Å². The van der Waals surface area contributed by atoms with Crippen LogP contribution in [0, 0.1) is 11.3 Å². The summed E-state index contributed by atoms with van der Waals surface area (Å²) in [5.41, 5.74) is 1.63. The van der Waals surface area contributed by atoms with Gasteiger partial charge in [0.05, 0.1) is 5.69 Å². The van der Waals surface area contributed by atoms with Crippen LogP contribution in [0.4, 0.5) is 0 Å². The summed E-state index contributed by atoms with van der Waals surface area (Å²) in [6, 6.07) is 6.19. The number of rotatable bonds is 2. The minimum Gasteiger partial charge on any atom is -0.297 e. The predicted molar refractivity (Wildman–Crippen MR) is 71.7 cm³/mol. The lowest BCUT2D eigenvalue weighted by Crippen LogP contribution is -2.40. The molecule has 1 unspecified atom stereocenters. The molecule has 0 N–H and O–H groups in total. The number of aromatic nitrogens is 1. The lowest BCUT2D eigenvalue weighted by atomic mass is 9.76. The van der Waals surface area contributed by atoms with E-state index in [0.717, 1.165) is 12.5 Å². The Bertz CT molecular complexity index is 340. The first-order chi connectivity index (χ1) is 8.05. The van der Waals surface area contributed by atoms with Crippen molar-refractivity contribution in [2.24, 2.45) is 11.3 Å². The molecule has 1 aromatic heterocycles. The maximum atomic E-state index is 4.42. The number of hydrogen-bond acceptors (Lipinski definition) is 2. The van der Waals surface area contributed by atoms with Gasteiger partial charge in [0.1, 0.15) is 0 Å². The second-order valence-corrected chi connectivity index (χ2v) is 6.26. The molecule has 2 heteroatoms. The Kier molecular flexibility index (Phi) is 3.82. The molecule has 0 amide bonds. The number of likely N-dealkylation sites (tertiary alicyclic amines) is 1. The number of piperidine rings is 1. The molecule has 0 aromatic carbocycles. The second-order valence-electron chi connectivity index (χ2n) is 6.26. The molecule has 0 bridgehead atoms. The zero-order chi connectivity index (χ0) is 12.3. The van der Waals surface area contributed by atoms with Crippen molar-refractivity contribution in [3.63, 3.8) is 0 Å². The third-order valence-electron chi connectivity index (χ3n) is 3.84. The van der Waals surface area contributed by atoms with Crippen LogP contribution in [0.5, 0.6) is 0 Å². The van der Waals surface area contributed by atoms with Crippen LogP contribution in [0.1, 0.15) is 39.3 Å². The number of pyridine rings is 1. The van der Waals surface area contributed by atoms with Crippen molar-refractivity contribution in [2.45, 2.75) is 40.2 Å². The molecule has 0 saturated carbocycles. The first-order valence-corrected chi connectivity index (χ1v) is 6.68. The summed E-state index contributed by atoms with van der Waals surface area (Å²) in [6.45, 7) is 10.5. The van der Waals surface area contributed by atoms with E-state index in [2.05, 4.69) is 42.8 Å². The highest BCUT2D eigenvalue weighted by Crippen LogP contribution is 2.33. The van der Waals surface area contributed by atoms with Gasteiger partial charge in [-0.25, -0.2) is 0 Å². The average molecular weight is 232 g/mol. The molecule has 1 aliphatic heterocycles. The molecule has 2 rings (SSSR count). The van der Waals surface area contributed by atoms with Crippen molar-refractivity contribution in [1.82, 2.24) is 9.88 Å². The van der Waals surface area contributed by atoms with Crippen molar-refractivity contribution in [2.75, 3.05) is 13.1 Å². The molecule has 1 fully saturated rings. The van der Waals surface area contributed by atoms with E-state index in [4.69, 9.17) is 0 Å². The van der Waals surface area contributed by atoms with Crippen LogP contribution in [0.25, 0.3) is 0 Å². The molecule has 1 saturated heterocycles. The molecule has 2 heterocycles. The molecular formula is C15H24N2. The standard InChI is InChI=1S/C15H24N2/c1-15(2,3)13-7-6-10-17(11-13)12-14-8-4-5-9-16-14/h4-5,8-9,13H,6-7,10-12H2,1-3H3. The van der Waals surface area contributed by atoms with Gasteiger partial charge in [-0.2, -0.15) is 0 Å². The SMILES string of the molecule is CC(C)(C)C1CCCN(Cc2ccccn2)C1. The van der Waals surface area contributed by atoms with Crippen molar-refractivity contribution in [3.8, 4) is 0 Å². The van der Waals surface area contributed by atoms with Crippen molar-refractivity contribution in [3.05, 3.63) is 30.1 Å². The minimum atomic E-state index is 0.433. The van der Waals surface area contributed by atoms with Gasteiger partial charge in [-0.3, -0.25) is 9.88 Å². The van der Waals surface area contributed by atoms with Crippen molar-refractivity contribution >= 4 is 0 Å². The molecule has 1 atom stereocenters. The number of hydrogen-bond donors (Lipinski definition) is 0. The minimum absolute atomic E-state index is 0.433. The van der Waals surface area contributed by atoms with Crippen molar-refractivity contribution < 1.29 is 0 Å². The highest BCUT2D eigenvalue weighted by Gasteiger charge is 2.29. The van der Waals surface area contributed by atoms with Gasteiger partial charge in [-0.1, -0.05) is 26.8 Å². The van der Waals surface area contributed by atoms with Crippen LogP contribution in [-0.4, -0.2) is 23.0 Å². The Morgan fingerprint density at radius 1 is 1.35 bits per heavy atom. The van der Waals surface area contributed by atoms with E-state index in [1.165, 1.54) is 31.6 Å². The predicted octanol–water partition coefficient (Wildman–Crippen LogP) is 3.34. The van der Waals surface area contributed by atoms with E-state index in [1.807, 2.05) is 12.3 Å². The highest BCUT2D eigenvalue weighted by molar-refractivity contribution is 5.03. The molecule has 1 aromatic rings. The van der Waals surface area contributed by atoms with Gasteiger partial charge < -0.3 is 0 Å². The van der Waals surface area contributed by atoms with Gasteiger partial charge in [-0.05, 0) is 42.9 Å². The molecule has 2 nitrogen and oxygen atoms in total. The monoisotopic (exact) mass is 232 g/mol. The zero-order valence-electron chi connectivity index (χ0n) is 11.3. The normalized spacial score (nSPS) is 22.6. The molecule has 0 aliphatic carbocycles. The van der Waals surface area contributed by atoms with Gasteiger partial charge in [0.25, 0.3) is 0 Å². The Labute approximate surface area is 105 Å². The van der Waals surface area contributed by atoms with E-state index in [9.17, 15) is 0 Å². The zero-order valence-corrected chi connectivity index (χ0v) is 11.3. The van der Waals surface area contributed by atoms with Gasteiger partial charge in [-0.15, -0.1) is 0 Å². The first-order valence-electron chi connectivity index (χ1n) is 6.68. The maximum Gasteiger partial charge on any atom is 0.0543 e.